The quantitative estimate of drug-likeness (QED) is 0.684. The number of fused-ring (bicyclic) bond motifs is 1. The molecular weight excluding hydrogens is 212 g/mol. The molecule has 2 rings (SSSR count). The molecular formula is C15H20O2. The Bertz CT molecular complexity index is 411. The molecule has 0 heterocycles. The van der Waals surface area contributed by atoms with Gasteiger partial charge in [0, 0.05) is 12.8 Å². The van der Waals surface area contributed by atoms with E-state index in [0.29, 0.717) is 18.6 Å². The zero-order valence-electron chi connectivity index (χ0n) is 10.7. The minimum absolute atomic E-state index is 0.197. The summed E-state index contributed by atoms with van der Waals surface area (Å²) in [6, 6.07) is 0. The minimum atomic E-state index is -0.330. The first kappa shape index (κ1) is 12.3. The Morgan fingerprint density at radius 1 is 1.29 bits per heavy atom. The molecule has 0 radical (unpaired) electrons. The number of allylic oxidation sites excluding steroid dienone is 4. The van der Waals surface area contributed by atoms with Gasteiger partial charge in [-0.15, -0.1) is 0 Å². The van der Waals surface area contributed by atoms with Crippen LogP contribution in [-0.4, -0.2) is 11.6 Å². The van der Waals surface area contributed by atoms with Crippen molar-refractivity contribution >= 4 is 11.6 Å². The second-order valence-corrected chi connectivity index (χ2v) is 5.48. The highest BCUT2D eigenvalue weighted by molar-refractivity contribution is 5.98. The Morgan fingerprint density at radius 2 is 2.06 bits per heavy atom. The number of Topliss-reactive ketones (excluding diaryl/α,β-unsaturated/α-hetero) is 1. The van der Waals surface area contributed by atoms with Crippen molar-refractivity contribution in [3.63, 3.8) is 0 Å². The van der Waals surface area contributed by atoms with Crippen molar-refractivity contribution in [3.8, 4) is 0 Å². The second kappa shape index (κ2) is 4.59. The fourth-order valence-corrected chi connectivity index (χ4v) is 2.94. The van der Waals surface area contributed by atoms with Crippen LogP contribution in [0.25, 0.3) is 0 Å². The van der Waals surface area contributed by atoms with E-state index < -0.39 is 0 Å². The zero-order chi connectivity index (χ0) is 12.5. The Hall–Kier alpha value is -1.18. The molecule has 0 aromatic heterocycles. The molecule has 0 N–H and O–H groups in total. The molecule has 2 aliphatic rings. The lowest BCUT2D eigenvalue weighted by Gasteiger charge is -2.40. The molecule has 1 atom stereocenters. The average Bonchev–Trinajstić information content (AvgIpc) is 2.27. The number of carbonyl (C=O) groups excluding carboxylic acids is 2. The average molecular weight is 232 g/mol. The summed E-state index contributed by atoms with van der Waals surface area (Å²) in [5.41, 5.74) is 2.01. The van der Waals surface area contributed by atoms with Gasteiger partial charge in [0.1, 0.15) is 5.78 Å². The van der Waals surface area contributed by atoms with Crippen molar-refractivity contribution in [3.05, 3.63) is 23.3 Å². The second-order valence-electron chi connectivity index (χ2n) is 5.48. The van der Waals surface area contributed by atoms with Crippen LogP contribution in [0, 0.1) is 5.41 Å². The molecule has 17 heavy (non-hydrogen) atoms. The van der Waals surface area contributed by atoms with Crippen LogP contribution in [0.1, 0.15) is 52.4 Å². The molecule has 0 aliphatic heterocycles. The first-order chi connectivity index (χ1) is 8.04. The van der Waals surface area contributed by atoms with Crippen LogP contribution in [-0.2, 0) is 9.59 Å². The van der Waals surface area contributed by atoms with Crippen LogP contribution < -0.4 is 0 Å². The highest BCUT2D eigenvalue weighted by Gasteiger charge is 2.44. The third-order valence-electron chi connectivity index (χ3n) is 3.99. The van der Waals surface area contributed by atoms with Gasteiger partial charge in [-0.1, -0.05) is 17.2 Å². The van der Waals surface area contributed by atoms with E-state index in [9.17, 15) is 9.59 Å². The third-order valence-corrected chi connectivity index (χ3v) is 3.99. The van der Waals surface area contributed by atoms with E-state index in [1.54, 1.807) is 6.08 Å². The van der Waals surface area contributed by atoms with E-state index in [1.165, 1.54) is 5.57 Å². The van der Waals surface area contributed by atoms with Gasteiger partial charge in [0.15, 0.2) is 5.78 Å². The maximum Gasteiger partial charge on any atom is 0.155 e. The Morgan fingerprint density at radius 3 is 2.76 bits per heavy atom. The van der Waals surface area contributed by atoms with Gasteiger partial charge in [0.25, 0.3) is 0 Å². The molecule has 2 aliphatic carbocycles. The zero-order valence-corrected chi connectivity index (χ0v) is 10.7. The van der Waals surface area contributed by atoms with Crippen LogP contribution >= 0.6 is 0 Å². The lowest BCUT2D eigenvalue weighted by molar-refractivity contribution is -0.129. The normalized spacial score (nSPS) is 28.5. The first-order valence-corrected chi connectivity index (χ1v) is 6.45. The highest BCUT2D eigenvalue weighted by atomic mass is 16.1. The molecule has 0 spiro atoms. The van der Waals surface area contributed by atoms with Crippen molar-refractivity contribution in [1.29, 1.82) is 0 Å². The van der Waals surface area contributed by atoms with E-state index in [4.69, 9.17) is 0 Å². The van der Waals surface area contributed by atoms with Gasteiger partial charge in [0.05, 0.1) is 5.41 Å². The minimum Gasteiger partial charge on any atom is -0.299 e. The Labute approximate surface area is 103 Å². The number of ketones is 2. The lowest BCUT2D eigenvalue weighted by atomic mass is 9.62. The fraction of sp³-hybridized carbons (Fsp3) is 0.600. The number of hydrogen-bond donors (Lipinski definition) is 0. The van der Waals surface area contributed by atoms with E-state index in [0.717, 1.165) is 31.3 Å². The molecule has 2 nitrogen and oxygen atoms in total. The molecule has 92 valence electrons. The van der Waals surface area contributed by atoms with Gasteiger partial charge in [-0.3, -0.25) is 9.59 Å². The maximum absolute atomic E-state index is 12.3. The van der Waals surface area contributed by atoms with Gasteiger partial charge in [-0.25, -0.2) is 0 Å². The van der Waals surface area contributed by atoms with Gasteiger partial charge in [-0.2, -0.15) is 0 Å². The van der Waals surface area contributed by atoms with E-state index in [1.807, 2.05) is 0 Å². The van der Waals surface area contributed by atoms with Gasteiger partial charge in [0.2, 0.25) is 0 Å². The Balaban J connectivity index is 2.36. The summed E-state index contributed by atoms with van der Waals surface area (Å²) in [5, 5.41) is 0. The van der Waals surface area contributed by atoms with Gasteiger partial charge < -0.3 is 0 Å². The topological polar surface area (TPSA) is 34.1 Å². The summed E-state index contributed by atoms with van der Waals surface area (Å²) < 4.78 is 0. The van der Waals surface area contributed by atoms with Crippen LogP contribution in [0.3, 0.4) is 0 Å². The SMILES string of the molecule is CC(C)=CC[C@]12CCC(=O)C=C1CCCC2=O. The largest absolute Gasteiger partial charge is 0.299 e. The Kier molecular flexibility index (Phi) is 3.32. The van der Waals surface area contributed by atoms with Gasteiger partial charge in [-0.05, 0) is 45.6 Å². The van der Waals surface area contributed by atoms with Crippen molar-refractivity contribution in [2.45, 2.75) is 52.4 Å². The first-order valence-electron chi connectivity index (χ1n) is 6.45. The molecule has 1 saturated carbocycles. The number of carbonyl (C=O) groups is 2. The summed E-state index contributed by atoms with van der Waals surface area (Å²) in [7, 11) is 0. The number of rotatable bonds is 2. The van der Waals surface area contributed by atoms with Crippen molar-refractivity contribution in [2.75, 3.05) is 0 Å². The van der Waals surface area contributed by atoms with E-state index >= 15 is 0 Å². The molecule has 0 bridgehead atoms. The molecule has 2 heteroatoms. The molecule has 0 saturated heterocycles. The lowest BCUT2D eigenvalue weighted by Crippen LogP contribution is -2.39. The van der Waals surface area contributed by atoms with Crippen molar-refractivity contribution in [2.24, 2.45) is 5.41 Å². The molecule has 0 aromatic rings. The van der Waals surface area contributed by atoms with Crippen molar-refractivity contribution in [1.82, 2.24) is 0 Å². The molecule has 1 fully saturated rings. The predicted octanol–water partition coefficient (Wildman–Crippen LogP) is 3.37. The third kappa shape index (κ3) is 2.26. The van der Waals surface area contributed by atoms with Crippen LogP contribution in [0.2, 0.25) is 0 Å². The molecule has 0 aromatic carbocycles. The predicted molar refractivity (Wildman–Crippen MR) is 67.7 cm³/mol. The maximum atomic E-state index is 12.3. The molecule has 0 amide bonds. The monoisotopic (exact) mass is 232 g/mol. The van der Waals surface area contributed by atoms with E-state index in [-0.39, 0.29) is 11.2 Å². The molecule has 0 unspecified atom stereocenters. The fourth-order valence-electron chi connectivity index (χ4n) is 2.94. The van der Waals surface area contributed by atoms with Crippen LogP contribution in [0.15, 0.2) is 23.3 Å². The highest BCUT2D eigenvalue weighted by Crippen LogP contribution is 2.47. The van der Waals surface area contributed by atoms with Gasteiger partial charge >= 0.3 is 0 Å². The summed E-state index contributed by atoms with van der Waals surface area (Å²) in [6.45, 7) is 4.11. The van der Waals surface area contributed by atoms with Crippen LogP contribution in [0.5, 0.6) is 0 Å². The van der Waals surface area contributed by atoms with E-state index in [2.05, 4.69) is 19.9 Å². The standard InChI is InChI=1S/C15H20O2/c1-11(2)6-8-15-9-7-13(16)10-12(15)4-3-5-14(15)17/h6,10H,3-5,7-9H2,1-2H3/t15-/m0/s1. The summed E-state index contributed by atoms with van der Waals surface area (Å²) in [4.78, 5) is 23.8. The van der Waals surface area contributed by atoms with Crippen LogP contribution in [0.4, 0.5) is 0 Å². The van der Waals surface area contributed by atoms with Crippen molar-refractivity contribution < 1.29 is 9.59 Å². The summed E-state index contributed by atoms with van der Waals surface area (Å²) in [5.74, 6) is 0.544. The summed E-state index contributed by atoms with van der Waals surface area (Å²) >= 11 is 0. The smallest absolute Gasteiger partial charge is 0.155 e. The summed E-state index contributed by atoms with van der Waals surface area (Å²) in [6.07, 6.45) is 8.45. The number of hydrogen-bond acceptors (Lipinski definition) is 2.